The Kier molecular flexibility index (Phi) is 5.59. The zero-order valence-electron chi connectivity index (χ0n) is 15.6. The molecule has 2 fully saturated rings. The first-order valence-corrected chi connectivity index (χ1v) is 9.35. The standard InChI is InChI=1S/C20H27N3O3/c1-15-6-8-21(9-7-15)18(24)14-23-11-10-22(19(25)20(23)26)13-17-5-3-4-16(2)12-17/h3-5,12,15H,6-11,13-14H2,1-2H3. The van der Waals surface area contributed by atoms with E-state index < -0.39 is 11.8 Å². The maximum Gasteiger partial charge on any atom is 0.312 e. The molecule has 0 unspecified atom stereocenters. The van der Waals surface area contributed by atoms with Gasteiger partial charge in [0.25, 0.3) is 0 Å². The molecule has 0 bridgehead atoms. The van der Waals surface area contributed by atoms with Crippen molar-refractivity contribution in [2.75, 3.05) is 32.7 Å². The highest BCUT2D eigenvalue weighted by Crippen LogP contribution is 2.17. The average molecular weight is 357 g/mol. The zero-order chi connectivity index (χ0) is 18.7. The van der Waals surface area contributed by atoms with Gasteiger partial charge < -0.3 is 14.7 Å². The summed E-state index contributed by atoms with van der Waals surface area (Å²) in [7, 11) is 0. The molecule has 0 aliphatic carbocycles. The minimum absolute atomic E-state index is 0.0112. The van der Waals surface area contributed by atoms with E-state index in [9.17, 15) is 14.4 Å². The molecule has 1 aromatic rings. The van der Waals surface area contributed by atoms with Crippen LogP contribution in [0.5, 0.6) is 0 Å². The van der Waals surface area contributed by atoms with Crippen LogP contribution in [-0.4, -0.2) is 65.1 Å². The van der Waals surface area contributed by atoms with E-state index in [2.05, 4.69) is 6.92 Å². The summed E-state index contributed by atoms with van der Waals surface area (Å²) >= 11 is 0. The molecule has 0 radical (unpaired) electrons. The molecule has 2 aliphatic rings. The van der Waals surface area contributed by atoms with Crippen LogP contribution in [0.25, 0.3) is 0 Å². The SMILES string of the molecule is Cc1cccc(CN2CCN(CC(=O)N3CCC(C)CC3)C(=O)C2=O)c1. The Morgan fingerprint density at radius 1 is 1.04 bits per heavy atom. The Morgan fingerprint density at radius 2 is 1.69 bits per heavy atom. The van der Waals surface area contributed by atoms with Crippen LogP contribution in [0.3, 0.4) is 0 Å². The summed E-state index contributed by atoms with van der Waals surface area (Å²) in [5, 5.41) is 0. The van der Waals surface area contributed by atoms with Crippen LogP contribution in [0.2, 0.25) is 0 Å². The topological polar surface area (TPSA) is 60.9 Å². The summed E-state index contributed by atoms with van der Waals surface area (Å²) in [6, 6.07) is 7.93. The van der Waals surface area contributed by atoms with E-state index in [0.717, 1.165) is 37.1 Å². The van der Waals surface area contributed by atoms with Crippen molar-refractivity contribution in [3.05, 3.63) is 35.4 Å². The van der Waals surface area contributed by atoms with Gasteiger partial charge in [0.2, 0.25) is 5.91 Å². The van der Waals surface area contributed by atoms with Gasteiger partial charge in [0.15, 0.2) is 0 Å². The number of hydrogen-bond acceptors (Lipinski definition) is 3. The number of benzene rings is 1. The van der Waals surface area contributed by atoms with Crippen molar-refractivity contribution in [3.8, 4) is 0 Å². The maximum atomic E-state index is 12.4. The molecule has 0 spiro atoms. The van der Waals surface area contributed by atoms with E-state index in [1.54, 1.807) is 4.90 Å². The molecule has 0 N–H and O–H groups in total. The van der Waals surface area contributed by atoms with Gasteiger partial charge in [0, 0.05) is 32.7 Å². The highest BCUT2D eigenvalue weighted by molar-refractivity contribution is 6.35. The Balaban J connectivity index is 1.56. The second-order valence-corrected chi connectivity index (χ2v) is 7.51. The molecular formula is C20H27N3O3. The number of aryl methyl sites for hydroxylation is 1. The van der Waals surface area contributed by atoms with Crippen molar-refractivity contribution >= 4 is 17.7 Å². The van der Waals surface area contributed by atoms with Crippen molar-refractivity contribution in [2.45, 2.75) is 33.2 Å². The lowest BCUT2D eigenvalue weighted by Crippen LogP contribution is -2.56. The third-order valence-corrected chi connectivity index (χ3v) is 5.32. The van der Waals surface area contributed by atoms with Crippen LogP contribution in [0.4, 0.5) is 0 Å². The molecule has 3 rings (SSSR count). The molecule has 2 heterocycles. The van der Waals surface area contributed by atoms with Gasteiger partial charge in [-0.05, 0) is 31.2 Å². The van der Waals surface area contributed by atoms with Gasteiger partial charge in [-0.25, -0.2) is 0 Å². The molecule has 3 amide bonds. The van der Waals surface area contributed by atoms with Gasteiger partial charge >= 0.3 is 11.8 Å². The van der Waals surface area contributed by atoms with Crippen molar-refractivity contribution < 1.29 is 14.4 Å². The van der Waals surface area contributed by atoms with Crippen LogP contribution in [0, 0.1) is 12.8 Å². The minimum Gasteiger partial charge on any atom is -0.341 e. The fraction of sp³-hybridized carbons (Fsp3) is 0.550. The average Bonchev–Trinajstić information content (AvgIpc) is 2.62. The van der Waals surface area contributed by atoms with E-state index in [1.807, 2.05) is 36.1 Å². The van der Waals surface area contributed by atoms with E-state index in [0.29, 0.717) is 25.6 Å². The first kappa shape index (κ1) is 18.4. The predicted molar refractivity (Wildman–Crippen MR) is 98.2 cm³/mol. The summed E-state index contributed by atoms with van der Waals surface area (Å²) in [5.74, 6) is -0.488. The van der Waals surface area contributed by atoms with Crippen LogP contribution in [0.15, 0.2) is 24.3 Å². The highest BCUT2D eigenvalue weighted by Gasteiger charge is 2.34. The number of likely N-dealkylation sites (tertiary alicyclic amines) is 1. The van der Waals surface area contributed by atoms with Gasteiger partial charge in [-0.2, -0.15) is 0 Å². The third kappa shape index (κ3) is 4.23. The summed E-state index contributed by atoms with van der Waals surface area (Å²) in [4.78, 5) is 42.1. The normalized spacial score (nSPS) is 19.2. The quantitative estimate of drug-likeness (QED) is 0.766. The molecule has 140 valence electrons. The van der Waals surface area contributed by atoms with Crippen molar-refractivity contribution in [2.24, 2.45) is 5.92 Å². The lowest BCUT2D eigenvalue weighted by atomic mass is 9.99. The van der Waals surface area contributed by atoms with Crippen LogP contribution in [-0.2, 0) is 20.9 Å². The first-order valence-electron chi connectivity index (χ1n) is 9.35. The number of piperazine rings is 1. The second kappa shape index (κ2) is 7.89. The molecule has 0 aromatic heterocycles. The number of piperidine rings is 1. The fourth-order valence-electron chi connectivity index (χ4n) is 3.57. The van der Waals surface area contributed by atoms with E-state index in [4.69, 9.17) is 0 Å². The first-order chi connectivity index (χ1) is 12.4. The predicted octanol–water partition coefficient (Wildman–Crippen LogP) is 1.42. The second-order valence-electron chi connectivity index (χ2n) is 7.51. The Morgan fingerprint density at radius 3 is 2.38 bits per heavy atom. The summed E-state index contributed by atoms with van der Waals surface area (Å²) in [5.41, 5.74) is 2.14. The molecule has 0 saturated carbocycles. The van der Waals surface area contributed by atoms with E-state index in [-0.39, 0.29) is 12.5 Å². The van der Waals surface area contributed by atoms with E-state index in [1.165, 1.54) is 4.90 Å². The van der Waals surface area contributed by atoms with Gasteiger partial charge in [0.1, 0.15) is 6.54 Å². The molecule has 1 aromatic carbocycles. The lowest BCUT2D eigenvalue weighted by Gasteiger charge is -2.36. The number of carbonyl (C=O) groups excluding carboxylic acids is 3. The number of amides is 3. The van der Waals surface area contributed by atoms with E-state index >= 15 is 0 Å². The molecule has 26 heavy (non-hydrogen) atoms. The Labute approximate surface area is 154 Å². The summed E-state index contributed by atoms with van der Waals surface area (Å²) in [6.07, 6.45) is 2.01. The fourth-order valence-corrected chi connectivity index (χ4v) is 3.57. The lowest BCUT2D eigenvalue weighted by molar-refractivity contribution is -0.158. The maximum absolute atomic E-state index is 12.4. The molecule has 2 aliphatic heterocycles. The summed E-state index contributed by atoms with van der Waals surface area (Å²) < 4.78 is 0. The molecular weight excluding hydrogens is 330 g/mol. The zero-order valence-corrected chi connectivity index (χ0v) is 15.6. The Bertz CT molecular complexity index is 695. The number of carbonyl (C=O) groups is 3. The molecule has 2 saturated heterocycles. The van der Waals surface area contributed by atoms with Crippen LogP contribution in [0.1, 0.15) is 30.9 Å². The Hall–Kier alpha value is -2.37. The van der Waals surface area contributed by atoms with Crippen molar-refractivity contribution in [3.63, 3.8) is 0 Å². The highest BCUT2D eigenvalue weighted by atomic mass is 16.2. The van der Waals surface area contributed by atoms with Crippen molar-refractivity contribution in [1.29, 1.82) is 0 Å². The van der Waals surface area contributed by atoms with Gasteiger partial charge in [0.05, 0.1) is 0 Å². The molecule has 6 nitrogen and oxygen atoms in total. The smallest absolute Gasteiger partial charge is 0.312 e. The van der Waals surface area contributed by atoms with Gasteiger partial charge in [-0.3, -0.25) is 14.4 Å². The number of hydrogen-bond donors (Lipinski definition) is 0. The minimum atomic E-state index is -0.567. The molecule has 0 atom stereocenters. The van der Waals surface area contributed by atoms with Crippen LogP contribution >= 0.6 is 0 Å². The number of nitrogens with zero attached hydrogens (tertiary/aromatic N) is 3. The van der Waals surface area contributed by atoms with Gasteiger partial charge in [-0.1, -0.05) is 36.8 Å². The number of rotatable bonds is 4. The third-order valence-electron chi connectivity index (χ3n) is 5.32. The summed E-state index contributed by atoms with van der Waals surface area (Å²) in [6.45, 7) is 6.99. The van der Waals surface area contributed by atoms with Crippen LogP contribution < -0.4 is 0 Å². The largest absolute Gasteiger partial charge is 0.341 e. The van der Waals surface area contributed by atoms with Gasteiger partial charge in [-0.15, -0.1) is 0 Å². The molecule has 6 heteroatoms. The monoisotopic (exact) mass is 357 g/mol. The van der Waals surface area contributed by atoms with Crippen molar-refractivity contribution in [1.82, 2.24) is 14.7 Å².